The lowest BCUT2D eigenvalue weighted by Gasteiger charge is -2.31. The number of amides is 3. The molecule has 2 aliphatic rings. The van der Waals surface area contributed by atoms with Crippen LogP contribution in [0.15, 0.2) is 58.4 Å². The first-order valence-corrected chi connectivity index (χ1v) is 12.2. The zero-order valence-electron chi connectivity index (χ0n) is 18.0. The van der Waals surface area contributed by atoms with Gasteiger partial charge in [-0.05, 0) is 24.3 Å². The number of imide groups is 1. The molecule has 1 saturated heterocycles. The van der Waals surface area contributed by atoms with Gasteiger partial charge in [0.05, 0.1) is 16.5 Å². The number of phenols is 1. The number of benzene rings is 2. The second kappa shape index (κ2) is 8.82. The molecule has 3 amide bonds. The Morgan fingerprint density at radius 2 is 1.83 bits per heavy atom. The number of alkyl halides is 3. The van der Waals surface area contributed by atoms with Crippen molar-refractivity contribution >= 4 is 46.5 Å². The Kier molecular flexibility index (Phi) is 5.91. The topological polar surface area (TPSA) is 118 Å². The number of carbonyl (C=O) groups is 3. The predicted molar refractivity (Wildman–Crippen MR) is 125 cm³/mol. The zero-order chi connectivity index (χ0) is 25.8. The molecule has 1 fully saturated rings. The maximum absolute atomic E-state index is 13.0. The zero-order valence-corrected chi connectivity index (χ0v) is 19.7. The highest BCUT2D eigenvalue weighted by molar-refractivity contribution is 8.00. The van der Waals surface area contributed by atoms with Crippen LogP contribution < -0.4 is 15.5 Å². The van der Waals surface area contributed by atoms with Crippen molar-refractivity contribution in [3.63, 3.8) is 0 Å². The summed E-state index contributed by atoms with van der Waals surface area (Å²) in [5, 5.41) is 14.5. The fourth-order valence-electron chi connectivity index (χ4n) is 4.38. The van der Waals surface area contributed by atoms with Gasteiger partial charge in [0.2, 0.25) is 17.7 Å². The Balaban J connectivity index is 1.50. The maximum Gasteiger partial charge on any atom is 0.416 e. The molecular formula is C23H16F3N3O5S2. The number of nitrogens with one attached hydrogen (secondary N) is 2. The summed E-state index contributed by atoms with van der Waals surface area (Å²) < 4.78 is 40.1. The molecule has 5 rings (SSSR count). The monoisotopic (exact) mass is 535 g/mol. The van der Waals surface area contributed by atoms with E-state index in [1.54, 1.807) is 18.2 Å². The number of aromatic nitrogens is 1. The van der Waals surface area contributed by atoms with Crippen molar-refractivity contribution in [2.24, 2.45) is 5.92 Å². The van der Waals surface area contributed by atoms with Crippen LogP contribution in [0, 0.1) is 5.92 Å². The average molecular weight is 536 g/mol. The third kappa shape index (κ3) is 4.17. The molecule has 8 nitrogen and oxygen atoms in total. The molecule has 0 bridgehead atoms. The first-order chi connectivity index (χ1) is 17.0. The van der Waals surface area contributed by atoms with Gasteiger partial charge in [0.25, 0.3) is 0 Å². The molecule has 2 unspecified atom stereocenters. The molecule has 2 aromatic carbocycles. The van der Waals surface area contributed by atoms with Crippen molar-refractivity contribution in [3.05, 3.63) is 74.2 Å². The van der Waals surface area contributed by atoms with Crippen molar-refractivity contribution in [2.45, 2.75) is 28.9 Å². The summed E-state index contributed by atoms with van der Waals surface area (Å²) in [4.78, 5) is 50.7. The molecule has 0 aliphatic carbocycles. The molecule has 186 valence electrons. The van der Waals surface area contributed by atoms with E-state index in [9.17, 15) is 37.5 Å². The molecule has 0 spiro atoms. The van der Waals surface area contributed by atoms with Crippen molar-refractivity contribution in [2.75, 3.05) is 5.32 Å². The molecule has 0 saturated carbocycles. The van der Waals surface area contributed by atoms with E-state index in [4.69, 9.17) is 0 Å². The number of aromatic hydroxyl groups is 1. The molecule has 3 aromatic rings. The van der Waals surface area contributed by atoms with E-state index >= 15 is 0 Å². The van der Waals surface area contributed by atoms with Crippen LogP contribution in [0.2, 0.25) is 0 Å². The molecule has 3 heterocycles. The third-order valence-electron chi connectivity index (χ3n) is 5.93. The number of hydrogen-bond acceptors (Lipinski definition) is 7. The lowest BCUT2D eigenvalue weighted by Crippen LogP contribution is -2.32. The normalized spacial score (nSPS) is 21.0. The standard InChI is InChI=1S/C23H16F3N3O5S2/c24-23(25,26)10-4-3-5-11(8-10)27-14(31)9-29-21-18(36-22(29)34)15(12-6-1-2-7-13(12)30)16-17(35-21)20(33)28-19(16)32/h1-8,15-17,30H,9H2,(H,27,31)(H,28,32,33)/t15-,16?,17?/m0/s1. The van der Waals surface area contributed by atoms with Crippen molar-refractivity contribution in [1.29, 1.82) is 0 Å². The highest BCUT2D eigenvalue weighted by Gasteiger charge is 2.53. The maximum atomic E-state index is 13.0. The number of rotatable bonds is 4. The van der Waals surface area contributed by atoms with Crippen LogP contribution in [0.5, 0.6) is 5.75 Å². The minimum absolute atomic E-state index is 0.0902. The van der Waals surface area contributed by atoms with Gasteiger partial charge in [-0.2, -0.15) is 13.2 Å². The predicted octanol–water partition coefficient (Wildman–Crippen LogP) is 3.15. The summed E-state index contributed by atoms with van der Waals surface area (Å²) >= 11 is 1.77. The first-order valence-electron chi connectivity index (χ1n) is 10.5. The van der Waals surface area contributed by atoms with Crippen molar-refractivity contribution in [3.8, 4) is 5.75 Å². The van der Waals surface area contributed by atoms with Gasteiger partial charge >= 0.3 is 11.0 Å². The highest BCUT2D eigenvalue weighted by atomic mass is 32.2. The van der Waals surface area contributed by atoms with Crippen molar-refractivity contribution in [1.82, 2.24) is 9.88 Å². The Bertz CT molecular complexity index is 1470. The summed E-state index contributed by atoms with van der Waals surface area (Å²) in [5.41, 5.74) is -0.664. The van der Waals surface area contributed by atoms with Crippen LogP contribution in [-0.2, 0) is 27.1 Å². The second-order valence-electron chi connectivity index (χ2n) is 8.20. The van der Waals surface area contributed by atoms with E-state index in [-0.39, 0.29) is 11.4 Å². The van der Waals surface area contributed by atoms with E-state index in [1.807, 2.05) is 0 Å². The van der Waals surface area contributed by atoms with Crippen LogP contribution in [0.1, 0.15) is 21.9 Å². The van der Waals surface area contributed by atoms with E-state index in [0.29, 0.717) is 15.5 Å². The van der Waals surface area contributed by atoms with Crippen LogP contribution in [0.25, 0.3) is 0 Å². The average Bonchev–Trinajstić information content (AvgIpc) is 3.27. The minimum atomic E-state index is -4.59. The van der Waals surface area contributed by atoms with Gasteiger partial charge in [-0.15, -0.1) is 0 Å². The molecule has 3 N–H and O–H groups in total. The Labute approximate surface area is 209 Å². The van der Waals surface area contributed by atoms with Gasteiger partial charge < -0.3 is 10.4 Å². The Hall–Kier alpha value is -3.58. The lowest BCUT2D eigenvalue weighted by molar-refractivity contribution is -0.137. The van der Waals surface area contributed by atoms with Gasteiger partial charge in [-0.3, -0.25) is 29.1 Å². The highest BCUT2D eigenvalue weighted by Crippen LogP contribution is 2.53. The van der Waals surface area contributed by atoms with Gasteiger partial charge in [-0.25, -0.2) is 0 Å². The largest absolute Gasteiger partial charge is 0.508 e. The third-order valence-corrected chi connectivity index (χ3v) is 8.55. The van der Waals surface area contributed by atoms with E-state index in [2.05, 4.69) is 10.6 Å². The number of thiazole rings is 1. The fourth-order valence-corrected chi connectivity index (χ4v) is 7.11. The summed E-state index contributed by atoms with van der Waals surface area (Å²) in [5.74, 6) is -3.59. The molecule has 36 heavy (non-hydrogen) atoms. The van der Waals surface area contributed by atoms with E-state index in [1.165, 1.54) is 12.1 Å². The molecule has 0 radical (unpaired) electrons. The van der Waals surface area contributed by atoms with Gasteiger partial charge in [-0.1, -0.05) is 47.4 Å². The van der Waals surface area contributed by atoms with Crippen LogP contribution in [-0.4, -0.2) is 32.6 Å². The number of halogens is 3. The Morgan fingerprint density at radius 1 is 1.08 bits per heavy atom. The van der Waals surface area contributed by atoms with Gasteiger partial charge in [0.1, 0.15) is 17.5 Å². The lowest BCUT2D eigenvalue weighted by atomic mass is 9.82. The molecule has 13 heteroatoms. The van der Waals surface area contributed by atoms with Crippen LogP contribution in [0.4, 0.5) is 18.9 Å². The quantitative estimate of drug-likeness (QED) is 0.442. The Morgan fingerprint density at radius 3 is 2.56 bits per heavy atom. The van der Waals surface area contributed by atoms with Crippen LogP contribution >= 0.6 is 23.1 Å². The van der Waals surface area contributed by atoms with Gasteiger partial charge in [0.15, 0.2) is 0 Å². The molecule has 1 aromatic heterocycles. The smallest absolute Gasteiger partial charge is 0.416 e. The number of fused-ring (bicyclic) bond motifs is 2. The number of carbonyl (C=O) groups excluding carboxylic acids is 3. The molecule has 2 aliphatic heterocycles. The SMILES string of the molecule is O=C(Cn1c2c(sc1=O)[C@@H](c1ccccc1O)C1C(=O)NC(=O)C1S2)Nc1cccc(C(F)(F)F)c1. The number of phenolic OH excluding ortho intramolecular Hbond substituents is 1. The number of hydrogen-bond donors (Lipinski definition) is 3. The summed E-state index contributed by atoms with van der Waals surface area (Å²) in [6.45, 7) is -0.519. The summed E-state index contributed by atoms with van der Waals surface area (Å²) in [7, 11) is 0. The number of nitrogens with zero attached hydrogens (tertiary/aromatic N) is 1. The van der Waals surface area contributed by atoms with Crippen LogP contribution in [0.3, 0.4) is 0 Å². The first kappa shape index (κ1) is 24.1. The fraction of sp³-hybridized carbons (Fsp3) is 0.217. The van der Waals surface area contributed by atoms with E-state index < -0.39 is 58.0 Å². The van der Waals surface area contributed by atoms with E-state index in [0.717, 1.165) is 45.9 Å². The van der Waals surface area contributed by atoms with Gasteiger partial charge in [0, 0.05) is 22.0 Å². The van der Waals surface area contributed by atoms with Crippen molar-refractivity contribution < 1.29 is 32.7 Å². The summed E-state index contributed by atoms with van der Waals surface area (Å²) in [6.07, 6.45) is -4.59. The number of anilines is 1. The minimum Gasteiger partial charge on any atom is -0.508 e. The number of para-hydroxylation sites is 1. The number of thioether (sulfide) groups is 1. The molecule has 3 atom stereocenters. The second-order valence-corrected chi connectivity index (χ2v) is 10.3. The summed E-state index contributed by atoms with van der Waals surface area (Å²) in [6, 6.07) is 10.4. The molecular weight excluding hydrogens is 519 g/mol.